The summed E-state index contributed by atoms with van der Waals surface area (Å²) < 4.78 is 0. The van der Waals surface area contributed by atoms with Crippen molar-refractivity contribution in [3.8, 4) is 10.7 Å². The third-order valence-corrected chi connectivity index (χ3v) is 2.86. The third-order valence-electron chi connectivity index (χ3n) is 1.90. The van der Waals surface area contributed by atoms with Gasteiger partial charge >= 0.3 is 0 Å². The Kier molecular flexibility index (Phi) is 3.41. The maximum atomic E-state index is 4.10. The van der Waals surface area contributed by atoms with Crippen molar-refractivity contribution < 1.29 is 0 Å². The summed E-state index contributed by atoms with van der Waals surface area (Å²) in [7, 11) is 0. The maximum absolute atomic E-state index is 4.10. The molecule has 0 fully saturated rings. The van der Waals surface area contributed by atoms with Crippen molar-refractivity contribution in [2.24, 2.45) is 0 Å². The molecule has 0 aliphatic heterocycles. The Balaban J connectivity index is 1.98. The van der Waals surface area contributed by atoms with E-state index in [4.69, 9.17) is 0 Å². The van der Waals surface area contributed by atoms with Gasteiger partial charge in [-0.2, -0.15) is 5.10 Å². The predicted molar refractivity (Wildman–Crippen MR) is 59.5 cm³/mol. The van der Waals surface area contributed by atoms with Crippen LogP contribution >= 0.6 is 11.3 Å². The van der Waals surface area contributed by atoms with Crippen molar-refractivity contribution in [3.05, 3.63) is 17.3 Å². The zero-order chi connectivity index (χ0) is 10.5. The highest BCUT2D eigenvalue weighted by Crippen LogP contribution is 2.20. The van der Waals surface area contributed by atoms with Gasteiger partial charge in [0.2, 0.25) is 0 Å². The molecule has 2 aromatic heterocycles. The number of nitrogens with zero attached hydrogens (tertiary/aromatic N) is 3. The molecule has 0 saturated carbocycles. The fourth-order valence-electron chi connectivity index (χ4n) is 1.18. The van der Waals surface area contributed by atoms with E-state index in [9.17, 15) is 0 Å². The van der Waals surface area contributed by atoms with Crippen LogP contribution in [0.4, 0.5) is 0 Å². The lowest BCUT2D eigenvalue weighted by Gasteiger charge is -1.96. The van der Waals surface area contributed by atoms with Crippen LogP contribution in [0.25, 0.3) is 10.7 Å². The summed E-state index contributed by atoms with van der Waals surface area (Å²) in [6, 6.07) is 1.89. The molecule has 0 radical (unpaired) electrons. The number of aromatic amines is 1. The van der Waals surface area contributed by atoms with Crippen molar-refractivity contribution in [1.82, 2.24) is 25.7 Å². The molecule has 2 aromatic rings. The smallest absolute Gasteiger partial charge is 0.165 e. The zero-order valence-corrected chi connectivity index (χ0v) is 9.34. The van der Waals surface area contributed by atoms with Crippen LogP contribution < -0.4 is 5.32 Å². The number of rotatable bonds is 5. The van der Waals surface area contributed by atoms with E-state index in [0.717, 1.165) is 35.2 Å². The average molecular weight is 223 g/mol. The van der Waals surface area contributed by atoms with Crippen molar-refractivity contribution in [2.75, 3.05) is 6.54 Å². The lowest BCUT2D eigenvalue weighted by atomic mass is 10.5. The van der Waals surface area contributed by atoms with Crippen LogP contribution in [0.2, 0.25) is 0 Å². The molecule has 0 bridgehead atoms. The second-order valence-electron chi connectivity index (χ2n) is 3.15. The number of hydrogen-bond donors (Lipinski definition) is 2. The van der Waals surface area contributed by atoms with Gasteiger partial charge in [-0.3, -0.25) is 5.10 Å². The zero-order valence-electron chi connectivity index (χ0n) is 8.53. The fraction of sp³-hybridized carbons (Fsp3) is 0.444. The maximum Gasteiger partial charge on any atom is 0.165 e. The molecule has 5 nitrogen and oxygen atoms in total. The Morgan fingerprint density at radius 3 is 3.13 bits per heavy atom. The van der Waals surface area contributed by atoms with Gasteiger partial charge in [0.1, 0.15) is 5.01 Å². The van der Waals surface area contributed by atoms with E-state index in [1.807, 2.05) is 6.07 Å². The first kappa shape index (κ1) is 10.3. The van der Waals surface area contributed by atoms with Crippen molar-refractivity contribution in [2.45, 2.75) is 19.9 Å². The molecule has 0 aromatic carbocycles. The Hall–Kier alpha value is -1.27. The van der Waals surface area contributed by atoms with E-state index in [1.165, 1.54) is 0 Å². The summed E-state index contributed by atoms with van der Waals surface area (Å²) in [5.41, 5.74) is 0.925. The van der Waals surface area contributed by atoms with Gasteiger partial charge < -0.3 is 5.32 Å². The minimum atomic E-state index is 0.791. The third kappa shape index (κ3) is 2.60. The molecule has 0 aliphatic carbocycles. The minimum absolute atomic E-state index is 0.791. The quantitative estimate of drug-likeness (QED) is 0.752. The summed E-state index contributed by atoms with van der Waals surface area (Å²) in [4.78, 5) is 0. The summed E-state index contributed by atoms with van der Waals surface area (Å²) in [5, 5.41) is 20.1. The Morgan fingerprint density at radius 1 is 1.47 bits per heavy atom. The van der Waals surface area contributed by atoms with Gasteiger partial charge in [-0.15, -0.1) is 10.2 Å². The SMILES string of the molecule is CCCNCc1nnc(-c2ccn[nH]2)s1. The fourth-order valence-corrected chi connectivity index (χ4v) is 1.97. The Morgan fingerprint density at radius 2 is 2.40 bits per heavy atom. The largest absolute Gasteiger partial charge is 0.310 e. The Labute approximate surface area is 91.9 Å². The molecule has 0 spiro atoms. The van der Waals surface area contributed by atoms with E-state index >= 15 is 0 Å². The topological polar surface area (TPSA) is 66.5 Å². The number of H-pyrrole nitrogens is 1. The molecule has 0 aliphatic rings. The lowest BCUT2D eigenvalue weighted by Crippen LogP contribution is -2.13. The molecule has 2 N–H and O–H groups in total. The van der Waals surface area contributed by atoms with E-state index < -0.39 is 0 Å². The lowest BCUT2D eigenvalue weighted by molar-refractivity contribution is 0.668. The van der Waals surface area contributed by atoms with Crippen LogP contribution in [-0.4, -0.2) is 26.9 Å². The molecule has 15 heavy (non-hydrogen) atoms. The molecular weight excluding hydrogens is 210 g/mol. The predicted octanol–water partition coefficient (Wildman–Crippen LogP) is 1.43. The first-order valence-electron chi connectivity index (χ1n) is 4.93. The van der Waals surface area contributed by atoms with Crippen LogP contribution in [0, 0.1) is 0 Å². The molecule has 80 valence electrons. The molecule has 2 rings (SSSR count). The first-order chi connectivity index (χ1) is 7.40. The van der Waals surface area contributed by atoms with Gasteiger partial charge in [0.05, 0.1) is 5.69 Å². The second kappa shape index (κ2) is 4.99. The van der Waals surface area contributed by atoms with E-state index in [1.54, 1.807) is 17.5 Å². The second-order valence-corrected chi connectivity index (χ2v) is 4.21. The molecule has 2 heterocycles. The van der Waals surface area contributed by atoms with Gasteiger partial charge in [0, 0.05) is 12.7 Å². The van der Waals surface area contributed by atoms with Gasteiger partial charge in [0.25, 0.3) is 0 Å². The Bertz CT molecular complexity index is 394. The molecule has 6 heteroatoms. The summed E-state index contributed by atoms with van der Waals surface area (Å²) in [5.74, 6) is 0. The normalized spacial score (nSPS) is 10.7. The highest BCUT2D eigenvalue weighted by Gasteiger charge is 2.06. The van der Waals surface area contributed by atoms with Crippen LogP contribution in [0.5, 0.6) is 0 Å². The summed E-state index contributed by atoms with van der Waals surface area (Å²) in [6.07, 6.45) is 2.85. The average Bonchev–Trinajstić information content (AvgIpc) is 2.87. The van der Waals surface area contributed by atoms with Gasteiger partial charge in [-0.1, -0.05) is 18.3 Å². The highest BCUT2D eigenvalue weighted by atomic mass is 32.1. The van der Waals surface area contributed by atoms with Crippen molar-refractivity contribution in [3.63, 3.8) is 0 Å². The number of hydrogen-bond acceptors (Lipinski definition) is 5. The van der Waals surface area contributed by atoms with Crippen LogP contribution in [0.1, 0.15) is 18.4 Å². The number of nitrogens with one attached hydrogen (secondary N) is 2. The van der Waals surface area contributed by atoms with Gasteiger partial charge in [-0.05, 0) is 19.0 Å². The standard InChI is InChI=1S/C9H13N5S/c1-2-4-10-6-8-13-14-9(15-8)7-3-5-11-12-7/h3,5,10H,2,4,6H2,1H3,(H,11,12). The first-order valence-corrected chi connectivity index (χ1v) is 5.74. The molecular formula is C9H13N5S. The van der Waals surface area contributed by atoms with Crippen LogP contribution in [0.15, 0.2) is 12.3 Å². The number of aromatic nitrogens is 4. The monoisotopic (exact) mass is 223 g/mol. The van der Waals surface area contributed by atoms with Crippen LogP contribution in [-0.2, 0) is 6.54 Å². The van der Waals surface area contributed by atoms with E-state index in [0.29, 0.717) is 0 Å². The molecule has 0 unspecified atom stereocenters. The highest BCUT2D eigenvalue weighted by molar-refractivity contribution is 7.14. The van der Waals surface area contributed by atoms with E-state index in [-0.39, 0.29) is 0 Å². The molecule has 0 amide bonds. The van der Waals surface area contributed by atoms with Gasteiger partial charge in [-0.25, -0.2) is 0 Å². The van der Waals surface area contributed by atoms with Crippen molar-refractivity contribution in [1.29, 1.82) is 0 Å². The molecule has 0 atom stereocenters. The minimum Gasteiger partial charge on any atom is -0.310 e. The van der Waals surface area contributed by atoms with Gasteiger partial charge in [0.15, 0.2) is 5.01 Å². The van der Waals surface area contributed by atoms with Crippen LogP contribution in [0.3, 0.4) is 0 Å². The van der Waals surface area contributed by atoms with Crippen molar-refractivity contribution >= 4 is 11.3 Å². The summed E-state index contributed by atoms with van der Waals surface area (Å²) in [6.45, 7) is 3.95. The van der Waals surface area contributed by atoms with E-state index in [2.05, 4.69) is 32.6 Å². The summed E-state index contributed by atoms with van der Waals surface area (Å²) >= 11 is 1.59. The molecule has 0 saturated heterocycles.